The van der Waals surface area contributed by atoms with Crippen LogP contribution < -0.4 is 10.0 Å². The zero-order valence-corrected chi connectivity index (χ0v) is 15.9. The average Bonchev–Trinajstić information content (AvgIpc) is 3.12. The molecule has 2 N–H and O–H groups in total. The Balaban J connectivity index is 1.66. The number of hydrogen-bond acceptors (Lipinski definition) is 6. The van der Waals surface area contributed by atoms with Gasteiger partial charge in [0.05, 0.1) is 17.9 Å². The fraction of sp³-hybridized carbons (Fsp3) is 0.294. The highest BCUT2D eigenvalue weighted by Crippen LogP contribution is 2.09. The van der Waals surface area contributed by atoms with Crippen LogP contribution in [0.15, 0.2) is 46.7 Å². The van der Waals surface area contributed by atoms with Gasteiger partial charge in [0.15, 0.2) is 6.61 Å². The van der Waals surface area contributed by atoms with Crippen molar-refractivity contribution < 1.29 is 22.7 Å². The van der Waals surface area contributed by atoms with E-state index in [0.29, 0.717) is 6.54 Å². The van der Waals surface area contributed by atoms with E-state index < -0.39 is 28.5 Å². The van der Waals surface area contributed by atoms with Gasteiger partial charge in [0, 0.05) is 11.4 Å². The molecule has 7 nitrogen and oxygen atoms in total. The molecule has 1 heterocycles. The number of aryl methyl sites for hydroxylation is 1. The Kier molecular flexibility index (Phi) is 7.31. The summed E-state index contributed by atoms with van der Waals surface area (Å²) in [6.07, 6.45) is -0.163. The van der Waals surface area contributed by atoms with E-state index in [-0.39, 0.29) is 17.9 Å². The maximum absolute atomic E-state index is 12.1. The summed E-state index contributed by atoms with van der Waals surface area (Å²) >= 11 is 1.51. The summed E-state index contributed by atoms with van der Waals surface area (Å²) in [5, 5.41) is 4.53. The van der Waals surface area contributed by atoms with E-state index in [0.717, 1.165) is 10.4 Å². The molecule has 1 aromatic heterocycles. The Labute approximate surface area is 156 Å². The van der Waals surface area contributed by atoms with Gasteiger partial charge in [-0.25, -0.2) is 13.1 Å². The van der Waals surface area contributed by atoms with E-state index in [9.17, 15) is 18.0 Å². The van der Waals surface area contributed by atoms with Gasteiger partial charge < -0.3 is 10.1 Å². The van der Waals surface area contributed by atoms with Crippen LogP contribution in [-0.2, 0) is 30.9 Å². The lowest BCUT2D eigenvalue weighted by Crippen LogP contribution is -2.30. The van der Waals surface area contributed by atoms with Crippen LogP contribution >= 0.6 is 11.3 Å². The molecule has 0 fully saturated rings. The Bertz CT molecular complexity index is 831. The number of esters is 1. The quantitative estimate of drug-likeness (QED) is 0.627. The molecule has 1 amide bonds. The molecular formula is C17H20N2O5S2. The van der Waals surface area contributed by atoms with Crippen LogP contribution in [0.5, 0.6) is 0 Å². The fourth-order valence-corrected chi connectivity index (χ4v) is 3.63. The molecule has 0 saturated carbocycles. The molecule has 2 aromatic rings. The third-order valence-electron chi connectivity index (χ3n) is 3.36. The van der Waals surface area contributed by atoms with Gasteiger partial charge in [-0.2, -0.15) is 0 Å². The number of nitrogens with one attached hydrogen (secondary N) is 2. The van der Waals surface area contributed by atoms with Crippen molar-refractivity contribution in [1.29, 1.82) is 0 Å². The first-order valence-corrected chi connectivity index (χ1v) is 10.2. The van der Waals surface area contributed by atoms with E-state index in [1.165, 1.54) is 23.5 Å². The molecule has 0 spiro atoms. The number of rotatable bonds is 9. The van der Waals surface area contributed by atoms with Crippen LogP contribution in [0.4, 0.5) is 0 Å². The maximum atomic E-state index is 12.1. The lowest BCUT2D eigenvalue weighted by Gasteiger charge is -2.08. The van der Waals surface area contributed by atoms with Gasteiger partial charge >= 0.3 is 5.97 Å². The van der Waals surface area contributed by atoms with Crippen molar-refractivity contribution in [2.75, 3.05) is 13.2 Å². The van der Waals surface area contributed by atoms with Gasteiger partial charge in [-0.05, 0) is 30.5 Å². The monoisotopic (exact) mass is 396 g/mol. The van der Waals surface area contributed by atoms with Crippen molar-refractivity contribution in [3.8, 4) is 0 Å². The van der Waals surface area contributed by atoms with E-state index in [2.05, 4.69) is 10.0 Å². The third kappa shape index (κ3) is 6.58. The summed E-state index contributed by atoms with van der Waals surface area (Å²) in [7, 11) is -3.67. The second-order valence-electron chi connectivity index (χ2n) is 5.48. The lowest BCUT2D eigenvalue weighted by molar-refractivity contribution is -0.148. The highest BCUT2D eigenvalue weighted by atomic mass is 32.2. The van der Waals surface area contributed by atoms with Gasteiger partial charge in [0.2, 0.25) is 10.0 Å². The molecule has 0 aliphatic rings. The molecule has 0 saturated heterocycles. The minimum absolute atomic E-state index is 0.105. The van der Waals surface area contributed by atoms with Crippen LogP contribution in [-0.4, -0.2) is 33.4 Å². The molecule has 9 heteroatoms. The highest BCUT2D eigenvalue weighted by molar-refractivity contribution is 7.89. The molecule has 2 rings (SSSR count). The van der Waals surface area contributed by atoms with E-state index >= 15 is 0 Å². The Morgan fingerprint density at radius 2 is 1.88 bits per heavy atom. The number of benzene rings is 1. The molecule has 26 heavy (non-hydrogen) atoms. The van der Waals surface area contributed by atoms with Crippen molar-refractivity contribution in [2.45, 2.75) is 24.8 Å². The number of ether oxygens (including phenoxy) is 1. The van der Waals surface area contributed by atoms with Gasteiger partial charge in [0.1, 0.15) is 0 Å². The van der Waals surface area contributed by atoms with E-state index in [4.69, 9.17) is 4.74 Å². The van der Waals surface area contributed by atoms with Crippen LogP contribution in [0.3, 0.4) is 0 Å². The fourth-order valence-electron chi connectivity index (χ4n) is 1.96. The summed E-state index contributed by atoms with van der Waals surface area (Å²) in [5.74, 6) is -1.06. The van der Waals surface area contributed by atoms with Gasteiger partial charge in [-0.15, -0.1) is 11.3 Å². The number of carbonyl (C=O) groups excluding carboxylic acids is 2. The molecule has 0 aliphatic heterocycles. The van der Waals surface area contributed by atoms with E-state index in [1.807, 2.05) is 24.4 Å². The second-order valence-corrected chi connectivity index (χ2v) is 8.28. The van der Waals surface area contributed by atoms with Crippen molar-refractivity contribution >= 4 is 33.2 Å². The van der Waals surface area contributed by atoms with Crippen molar-refractivity contribution in [2.24, 2.45) is 0 Å². The Morgan fingerprint density at radius 1 is 1.15 bits per heavy atom. The maximum Gasteiger partial charge on any atom is 0.307 e. The SMILES string of the molecule is Cc1ccc(S(=O)(=O)NCCC(=O)OCC(=O)NCc2cccs2)cc1. The smallest absolute Gasteiger partial charge is 0.307 e. The predicted octanol–water partition coefficient (Wildman–Crippen LogP) is 1.58. The highest BCUT2D eigenvalue weighted by Gasteiger charge is 2.14. The number of thiophene rings is 1. The van der Waals surface area contributed by atoms with Gasteiger partial charge in [0.25, 0.3) is 5.91 Å². The summed E-state index contributed by atoms with van der Waals surface area (Å²) in [5.41, 5.74) is 0.949. The van der Waals surface area contributed by atoms with Crippen LogP contribution in [0.1, 0.15) is 16.9 Å². The van der Waals surface area contributed by atoms with Crippen LogP contribution in [0.2, 0.25) is 0 Å². The first kappa shape index (κ1) is 20.1. The number of carbonyl (C=O) groups is 2. The molecule has 140 valence electrons. The third-order valence-corrected chi connectivity index (χ3v) is 5.71. The van der Waals surface area contributed by atoms with Crippen LogP contribution in [0, 0.1) is 6.92 Å². The second kappa shape index (κ2) is 9.46. The lowest BCUT2D eigenvalue weighted by atomic mass is 10.2. The predicted molar refractivity (Wildman–Crippen MR) is 98.1 cm³/mol. The topological polar surface area (TPSA) is 102 Å². The molecular weight excluding hydrogens is 376 g/mol. The molecule has 0 unspecified atom stereocenters. The van der Waals surface area contributed by atoms with E-state index in [1.54, 1.807) is 12.1 Å². The Hall–Kier alpha value is -2.23. The van der Waals surface area contributed by atoms with Gasteiger partial charge in [-0.1, -0.05) is 23.8 Å². The minimum Gasteiger partial charge on any atom is -0.456 e. The van der Waals surface area contributed by atoms with Crippen molar-refractivity contribution in [3.63, 3.8) is 0 Å². The van der Waals surface area contributed by atoms with Crippen LogP contribution in [0.25, 0.3) is 0 Å². The first-order valence-electron chi connectivity index (χ1n) is 7.88. The number of amides is 1. The minimum atomic E-state index is -3.67. The zero-order chi connectivity index (χ0) is 19.0. The normalized spacial score (nSPS) is 11.1. The largest absolute Gasteiger partial charge is 0.456 e. The van der Waals surface area contributed by atoms with Gasteiger partial charge in [-0.3, -0.25) is 9.59 Å². The molecule has 0 atom stereocenters. The summed E-state index contributed by atoms with van der Waals surface area (Å²) in [6, 6.07) is 10.1. The first-order chi connectivity index (χ1) is 12.4. The molecule has 1 aromatic carbocycles. The summed E-state index contributed by atoms with van der Waals surface area (Å²) < 4.78 is 31.3. The molecule has 0 aliphatic carbocycles. The summed E-state index contributed by atoms with van der Waals surface area (Å²) in [4.78, 5) is 24.3. The summed E-state index contributed by atoms with van der Waals surface area (Å²) in [6.45, 7) is 1.74. The average molecular weight is 396 g/mol. The zero-order valence-electron chi connectivity index (χ0n) is 14.2. The van der Waals surface area contributed by atoms with Crippen molar-refractivity contribution in [3.05, 3.63) is 52.2 Å². The number of sulfonamides is 1. The Morgan fingerprint density at radius 3 is 2.54 bits per heavy atom. The number of hydrogen-bond donors (Lipinski definition) is 2. The molecule has 0 bridgehead atoms. The molecule has 0 radical (unpaired) electrons. The standard InChI is InChI=1S/C17H20N2O5S2/c1-13-4-6-15(7-5-13)26(22,23)19-9-8-17(21)24-12-16(20)18-11-14-3-2-10-25-14/h2-7,10,19H,8-9,11-12H2,1H3,(H,18,20). The van der Waals surface area contributed by atoms with Crippen molar-refractivity contribution in [1.82, 2.24) is 10.0 Å².